The van der Waals surface area contributed by atoms with E-state index in [4.69, 9.17) is 0 Å². The molecule has 1 aliphatic carbocycles. The van der Waals surface area contributed by atoms with Gasteiger partial charge in [0.2, 0.25) is 11.8 Å². The van der Waals surface area contributed by atoms with Gasteiger partial charge < -0.3 is 10.6 Å². The summed E-state index contributed by atoms with van der Waals surface area (Å²) in [7, 11) is 0. The van der Waals surface area contributed by atoms with Crippen molar-refractivity contribution >= 4 is 39.1 Å². The average molecular weight is 391 g/mol. The molecule has 0 spiro atoms. The van der Waals surface area contributed by atoms with E-state index >= 15 is 0 Å². The minimum absolute atomic E-state index is 0.176. The summed E-state index contributed by atoms with van der Waals surface area (Å²) in [6, 6.07) is 11.3. The third-order valence-corrected chi connectivity index (χ3v) is 4.85. The molecule has 2 unspecified atom stereocenters. The summed E-state index contributed by atoms with van der Waals surface area (Å²) in [4.78, 5) is 24.4. The first-order valence-corrected chi connectivity index (χ1v) is 8.37. The molecule has 0 saturated heterocycles. The van der Waals surface area contributed by atoms with Gasteiger partial charge in [-0.05, 0) is 49.2 Å². The topological polar surface area (TPSA) is 58.2 Å². The fourth-order valence-electron chi connectivity index (χ4n) is 2.48. The Morgan fingerprint density at radius 2 is 1.67 bits per heavy atom. The molecule has 6 heteroatoms. The molecule has 4 nitrogen and oxygen atoms in total. The van der Waals surface area contributed by atoms with Crippen LogP contribution < -0.4 is 10.6 Å². The maximum Gasteiger partial charge on any atom is 0.228 e. The average Bonchev–Trinajstić information content (AvgIpc) is 3.32. The van der Waals surface area contributed by atoms with Gasteiger partial charge in [-0.15, -0.1) is 0 Å². The highest BCUT2D eigenvalue weighted by Gasteiger charge is 2.48. The quantitative estimate of drug-likeness (QED) is 0.824. The molecule has 2 aromatic carbocycles. The molecule has 0 heterocycles. The lowest BCUT2D eigenvalue weighted by molar-refractivity contribution is -0.122. The number of hydrogen-bond donors (Lipinski definition) is 2. The number of halogens is 2. The van der Waals surface area contributed by atoms with Gasteiger partial charge >= 0.3 is 0 Å². The Balaban J connectivity index is 1.57. The number of anilines is 2. The van der Waals surface area contributed by atoms with Crippen LogP contribution in [0.1, 0.15) is 12.0 Å². The molecule has 24 heavy (non-hydrogen) atoms. The number of amides is 2. The van der Waals surface area contributed by atoms with E-state index in [-0.39, 0.29) is 23.7 Å². The molecule has 1 saturated carbocycles. The van der Waals surface area contributed by atoms with Gasteiger partial charge in [0.25, 0.3) is 0 Å². The van der Waals surface area contributed by atoms with Gasteiger partial charge in [0.05, 0.1) is 11.8 Å². The third-order valence-electron chi connectivity index (χ3n) is 4.00. The van der Waals surface area contributed by atoms with E-state index < -0.39 is 5.82 Å². The van der Waals surface area contributed by atoms with Crippen LogP contribution in [0.2, 0.25) is 0 Å². The first-order chi connectivity index (χ1) is 11.4. The molecule has 2 atom stereocenters. The first-order valence-electron chi connectivity index (χ1n) is 7.57. The Labute approximate surface area is 147 Å². The van der Waals surface area contributed by atoms with Crippen LogP contribution in [-0.4, -0.2) is 11.8 Å². The number of carbonyl (C=O) groups excluding carboxylic acids is 2. The van der Waals surface area contributed by atoms with Gasteiger partial charge in [-0.25, -0.2) is 4.39 Å². The van der Waals surface area contributed by atoms with E-state index in [2.05, 4.69) is 26.6 Å². The lowest BCUT2D eigenvalue weighted by atomic mass is 10.2. The molecule has 0 aromatic heterocycles. The van der Waals surface area contributed by atoms with Crippen molar-refractivity contribution in [3.63, 3.8) is 0 Å². The highest BCUT2D eigenvalue weighted by atomic mass is 79.9. The van der Waals surface area contributed by atoms with Crippen LogP contribution in [-0.2, 0) is 9.59 Å². The van der Waals surface area contributed by atoms with Crippen molar-refractivity contribution in [1.29, 1.82) is 0 Å². The zero-order valence-corrected chi connectivity index (χ0v) is 14.6. The minimum Gasteiger partial charge on any atom is -0.326 e. The maximum atomic E-state index is 13.1. The molecule has 124 valence electrons. The van der Waals surface area contributed by atoms with Crippen LogP contribution in [0.4, 0.5) is 15.8 Å². The summed E-state index contributed by atoms with van der Waals surface area (Å²) >= 11 is 3.42. The highest BCUT2D eigenvalue weighted by Crippen LogP contribution is 2.40. The molecule has 1 fully saturated rings. The lowest BCUT2D eigenvalue weighted by Gasteiger charge is -2.07. The summed E-state index contributed by atoms with van der Waals surface area (Å²) in [5, 5.41) is 5.46. The number of benzene rings is 2. The summed E-state index contributed by atoms with van der Waals surface area (Å²) < 4.78 is 14.0. The van der Waals surface area contributed by atoms with Crippen LogP contribution in [0.15, 0.2) is 46.9 Å². The van der Waals surface area contributed by atoms with Crippen molar-refractivity contribution < 1.29 is 14.0 Å². The fourth-order valence-corrected chi connectivity index (χ4v) is 2.86. The number of hydrogen-bond acceptors (Lipinski definition) is 2. The smallest absolute Gasteiger partial charge is 0.228 e. The van der Waals surface area contributed by atoms with Crippen molar-refractivity contribution in [2.45, 2.75) is 13.3 Å². The molecule has 0 aliphatic heterocycles. The van der Waals surface area contributed by atoms with E-state index in [1.165, 1.54) is 18.2 Å². The largest absolute Gasteiger partial charge is 0.326 e. The first kappa shape index (κ1) is 16.6. The van der Waals surface area contributed by atoms with Crippen molar-refractivity contribution in [2.24, 2.45) is 11.8 Å². The van der Waals surface area contributed by atoms with Gasteiger partial charge in [0.15, 0.2) is 0 Å². The van der Waals surface area contributed by atoms with Crippen LogP contribution in [0.5, 0.6) is 0 Å². The monoisotopic (exact) mass is 390 g/mol. The number of carbonyl (C=O) groups is 2. The zero-order chi connectivity index (χ0) is 17.3. The van der Waals surface area contributed by atoms with Crippen LogP contribution in [0.3, 0.4) is 0 Å². The molecule has 2 amide bonds. The molecule has 1 aliphatic rings. The Morgan fingerprint density at radius 1 is 1.04 bits per heavy atom. The number of rotatable bonds is 4. The van der Waals surface area contributed by atoms with E-state index in [0.29, 0.717) is 17.8 Å². The van der Waals surface area contributed by atoms with E-state index in [0.717, 1.165) is 10.0 Å². The van der Waals surface area contributed by atoms with Gasteiger partial charge in [-0.3, -0.25) is 9.59 Å². The van der Waals surface area contributed by atoms with E-state index in [1.54, 1.807) is 6.07 Å². The predicted octanol–water partition coefficient (Wildman–Crippen LogP) is 4.11. The summed E-state index contributed by atoms with van der Waals surface area (Å²) in [6.45, 7) is 1.96. The normalized spacial score (nSPS) is 18.8. The van der Waals surface area contributed by atoms with Crippen molar-refractivity contribution in [3.05, 3.63) is 58.3 Å². The predicted molar refractivity (Wildman–Crippen MR) is 94.1 cm³/mol. The lowest BCUT2D eigenvalue weighted by Crippen LogP contribution is -2.20. The van der Waals surface area contributed by atoms with E-state index in [9.17, 15) is 14.0 Å². The number of aryl methyl sites for hydroxylation is 1. The second-order valence-corrected chi connectivity index (χ2v) is 6.76. The van der Waals surface area contributed by atoms with Gasteiger partial charge in [0.1, 0.15) is 5.82 Å². The Hall–Kier alpha value is -2.21. The van der Waals surface area contributed by atoms with E-state index in [1.807, 2.05) is 25.1 Å². The standard InChI is InChI=1S/C18H16BrFN2O2/c1-10-5-6-13(8-16(10)19)22-18(24)15-9-14(15)17(23)21-12-4-2-3-11(20)7-12/h2-8,14-15H,9H2,1H3,(H,21,23)(H,22,24). The maximum absolute atomic E-state index is 13.1. The summed E-state index contributed by atoms with van der Waals surface area (Å²) in [5.74, 6) is -1.57. The SMILES string of the molecule is Cc1ccc(NC(=O)C2CC2C(=O)Nc2cccc(F)c2)cc1Br. The molecule has 0 bridgehead atoms. The molecular weight excluding hydrogens is 375 g/mol. The molecular formula is C18H16BrFN2O2. The second-order valence-electron chi connectivity index (χ2n) is 5.90. The van der Waals surface area contributed by atoms with Gasteiger partial charge in [-0.1, -0.05) is 28.1 Å². The van der Waals surface area contributed by atoms with Crippen LogP contribution in [0.25, 0.3) is 0 Å². The molecule has 3 rings (SSSR count). The number of nitrogens with one attached hydrogen (secondary N) is 2. The zero-order valence-electron chi connectivity index (χ0n) is 13.0. The van der Waals surface area contributed by atoms with Gasteiger partial charge in [-0.2, -0.15) is 0 Å². The fraction of sp³-hybridized carbons (Fsp3) is 0.222. The molecule has 2 N–H and O–H groups in total. The van der Waals surface area contributed by atoms with Crippen molar-refractivity contribution in [1.82, 2.24) is 0 Å². The van der Waals surface area contributed by atoms with Crippen LogP contribution >= 0.6 is 15.9 Å². The Bertz CT molecular complexity index is 809. The third kappa shape index (κ3) is 3.82. The van der Waals surface area contributed by atoms with Gasteiger partial charge in [0, 0.05) is 15.8 Å². The Kier molecular flexibility index (Phi) is 4.66. The second kappa shape index (κ2) is 6.73. The molecule has 0 radical (unpaired) electrons. The summed E-state index contributed by atoms with van der Waals surface area (Å²) in [5.41, 5.74) is 2.16. The minimum atomic E-state index is -0.414. The van der Waals surface area contributed by atoms with Crippen molar-refractivity contribution in [2.75, 3.05) is 10.6 Å². The molecule has 2 aromatic rings. The van der Waals surface area contributed by atoms with Crippen LogP contribution in [0, 0.1) is 24.6 Å². The summed E-state index contributed by atoms with van der Waals surface area (Å²) in [6.07, 6.45) is 0.500. The Morgan fingerprint density at radius 3 is 2.25 bits per heavy atom. The highest BCUT2D eigenvalue weighted by molar-refractivity contribution is 9.10. The van der Waals surface area contributed by atoms with Crippen molar-refractivity contribution in [3.8, 4) is 0 Å².